The molecule has 3 heterocycles. The van der Waals surface area contributed by atoms with Gasteiger partial charge in [-0.3, -0.25) is 14.5 Å². The number of aromatic hydroxyl groups is 1. The summed E-state index contributed by atoms with van der Waals surface area (Å²) in [6.07, 6.45) is -3.66. The monoisotopic (exact) mass is 636 g/mol. The fourth-order valence-corrected chi connectivity index (χ4v) is 6.15. The molecule has 2 unspecified atom stereocenters. The van der Waals surface area contributed by atoms with E-state index in [1.165, 1.54) is 23.1 Å². The number of β-amino-alcohol motifs (C(OH)–C–C–N with tert-alkyl or cyclic N) is 1. The molecular formula is C29H28ClF3N4O5S. The van der Waals surface area contributed by atoms with E-state index >= 15 is 0 Å². The number of aliphatic hydroxyl groups excluding tert-OH is 1. The number of thiazole rings is 1. The summed E-state index contributed by atoms with van der Waals surface area (Å²) in [7, 11) is 0. The van der Waals surface area contributed by atoms with Crippen LogP contribution in [0.2, 0.25) is 5.02 Å². The highest BCUT2D eigenvalue weighted by molar-refractivity contribution is 7.11. The Balaban J connectivity index is 1.59. The molecule has 0 bridgehead atoms. The number of aromatic amines is 1. The molecule has 228 valence electrons. The number of ether oxygens (including phenoxy) is 1. The van der Waals surface area contributed by atoms with Gasteiger partial charge in [0, 0.05) is 22.5 Å². The van der Waals surface area contributed by atoms with Crippen molar-refractivity contribution in [3.8, 4) is 5.88 Å². The highest BCUT2D eigenvalue weighted by atomic mass is 35.5. The van der Waals surface area contributed by atoms with Gasteiger partial charge in [-0.15, -0.1) is 0 Å². The lowest BCUT2D eigenvalue weighted by molar-refractivity contribution is -0.137. The van der Waals surface area contributed by atoms with Crippen LogP contribution in [0.25, 0.3) is 22.6 Å². The van der Waals surface area contributed by atoms with Crippen molar-refractivity contribution in [3.63, 3.8) is 0 Å². The van der Waals surface area contributed by atoms with Crippen molar-refractivity contribution in [2.45, 2.75) is 51.1 Å². The third kappa shape index (κ3) is 6.43. The van der Waals surface area contributed by atoms with Crippen molar-refractivity contribution in [2.75, 3.05) is 13.1 Å². The Labute approximate surface area is 252 Å². The van der Waals surface area contributed by atoms with Gasteiger partial charge in [0.15, 0.2) is 0 Å². The van der Waals surface area contributed by atoms with Gasteiger partial charge in [-0.1, -0.05) is 35.1 Å². The first-order valence-electron chi connectivity index (χ1n) is 13.2. The fourth-order valence-electron chi connectivity index (χ4n) is 5.00. The molecule has 4 aromatic rings. The Morgan fingerprint density at radius 3 is 2.63 bits per heavy atom. The zero-order chi connectivity index (χ0) is 31.3. The largest absolute Gasteiger partial charge is 0.493 e. The molecule has 1 amide bonds. The molecule has 0 radical (unpaired) electrons. The van der Waals surface area contributed by atoms with E-state index in [-0.39, 0.29) is 40.5 Å². The smallest absolute Gasteiger partial charge is 0.417 e. The number of fused-ring (bicyclic) bond motifs is 1. The van der Waals surface area contributed by atoms with E-state index in [0.29, 0.717) is 27.8 Å². The average molecular weight is 637 g/mol. The third-order valence-corrected chi connectivity index (χ3v) is 8.18. The zero-order valence-corrected chi connectivity index (χ0v) is 24.8. The van der Waals surface area contributed by atoms with E-state index in [2.05, 4.69) is 10.2 Å². The van der Waals surface area contributed by atoms with E-state index in [1.807, 2.05) is 0 Å². The molecule has 1 fully saturated rings. The van der Waals surface area contributed by atoms with E-state index in [4.69, 9.17) is 16.3 Å². The van der Waals surface area contributed by atoms with Crippen LogP contribution >= 0.6 is 22.9 Å². The summed E-state index contributed by atoms with van der Waals surface area (Å²) >= 11 is 6.53. The van der Waals surface area contributed by atoms with Crippen LogP contribution in [-0.2, 0) is 10.9 Å². The number of aromatic nitrogens is 3. The van der Waals surface area contributed by atoms with Gasteiger partial charge in [-0.25, -0.2) is 4.79 Å². The molecule has 1 aliphatic heterocycles. The van der Waals surface area contributed by atoms with Gasteiger partial charge >= 0.3 is 17.1 Å². The minimum atomic E-state index is -4.73. The number of alkyl halides is 3. The molecule has 9 nitrogen and oxygen atoms in total. The summed E-state index contributed by atoms with van der Waals surface area (Å²) in [5.41, 5.74) is -0.708. The molecule has 2 aromatic carbocycles. The number of piperidine rings is 1. The number of rotatable bonds is 4. The van der Waals surface area contributed by atoms with Crippen LogP contribution in [0, 0.1) is 0 Å². The Kier molecular flexibility index (Phi) is 8.09. The number of hydrogen-bond acceptors (Lipinski definition) is 7. The third-order valence-electron chi connectivity index (χ3n) is 6.96. The van der Waals surface area contributed by atoms with Gasteiger partial charge < -0.3 is 19.8 Å². The number of amides is 1. The number of nitrogens with zero attached hydrogens (tertiary/aromatic N) is 3. The first kappa shape index (κ1) is 30.6. The van der Waals surface area contributed by atoms with Crippen LogP contribution in [0.15, 0.2) is 47.4 Å². The summed E-state index contributed by atoms with van der Waals surface area (Å²) < 4.78 is 48.4. The number of carbonyl (C=O) groups is 1. The second-order valence-corrected chi connectivity index (χ2v) is 12.6. The van der Waals surface area contributed by atoms with Crippen molar-refractivity contribution >= 4 is 51.6 Å². The van der Waals surface area contributed by atoms with Crippen molar-refractivity contribution in [3.05, 3.63) is 78.9 Å². The standard InChI is InChI=1S/C29H28ClF3N4O5S/c1-28(2,3)42-26(40)36-9-8-22(23(38)14-36)37-25(39)24(43-27(37)41)19(15-5-7-21-17(10-15)13-34-35-21)11-16-4-6-18(30)12-20(16)29(31,32)33/h4-7,10-13,22-23,38-39H,8-9,14H2,1-3H3,(H,34,35). The van der Waals surface area contributed by atoms with Crippen LogP contribution in [0.1, 0.15) is 54.8 Å². The number of aliphatic hydroxyl groups is 1. The molecule has 2 aromatic heterocycles. The lowest BCUT2D eigenvalue weighted by atomic mass is 9.97. The molecule has 0 saturated carbocycles. The van der Waals surface area contributed by atoms with Gasteiger partial charge in [0.1, 0.15) is 10.5 Å². The van der Waals surface area contributed by atoms with Gasteiger partial charge in [0.25, 0.3) is 0 Å². The molecule has 5 rings (SSSR count). The van der Waals surface area contributed by atoms with E-state index < -0.39 is 46.3 Å². The van der Waals surface area contributed by atoms with Gasteiger partial charge in [0.05, 0.1) is 36.0 Å². The average Bonchev–Trinajstić information content (AvgIpc) is 3.49. The predicted octanol–water partition coefficient (Wildman–Crippen LogP) is 6.30. The zero-order valence-electron chi connectivity index (χ0n) is 23.3. The molecule has 1 saturated heterocycles. The molecule has 3 N–H and O–H groups in total. The van der Waals surface area contributed by atoms with Crippen molar-refractivity contribution in [1.82, 2.24) is 19.7 Å². The van der Waals surface area contributed by atoms with Crippen LogP contribution < -0.4 is 4.87 Å². The number of benzene rings is 2. The summed E-state index contributed by atoms with van der Waals surface area (Å²) in [5, 5.41) is 29.7. The van der Waals surface area contributed by atoms with Crippen molar-refractivity contribution in [2.24, 2.45) is 0 Å². The number of carbonyl (C=O) groups excluding carboxylic acids is 1. The van der Waals surface area contributed by atoms with Gasteiger partial charge in [0.2, 0.25) is 5.88 Å². The second kappa shape index (κ2) is 11.4. The van der Waals surface area contributed by atoms with Crippen LogP contribution in [-0.4, -0.2) is 60.8 Å². The molecule has 2 atom stereocenters. The molecule has 1 aliphatic rings. The SMILES string of the molecule is CC(C)(C)OC(=O)N1CCC(n2c(O)c(C(=Cc3ccc(Cl)cc3C(F)(F)F)c3ccc4[nH]ncc4c3)sc2=O)C(O)C1. The van der Waals surface area contributed by atoms with E-state index in [1.54, 1.807) is 45.2 Å². The fraction of sp³-hybridized carbons (Fsp3) is 0.345. The lowest BCUT2D eigenvalue weighted by Gasteiger charge is -2.37. The Bertz CT molecular complexity index is 1770. The van der Waals surface area contributed by atoms with Crippen LogP contribution in [0.5, 0.6) is 5.88 Å². The number of nitrogens with one attached hydrogen (secondary N) is 1. The van der Waals surface area contributed by atoms with E-state index in [9.17, 15) is 33.0 Å². The summed E-state index contributed by atoms with van der Waals surface area (Å²) in [6, 6.07) is 7.46. The second-order valence-electron chi connectivity index (χ2n) is 11.2. The quantitative estimate of drug-likeness (QED) is 0.226. The number of hydrogen-bond donors (Lipinski definition) is 3. The van der Waals surface area contributed by atoms with Crippen LogP contribution in [0.3, 0.4) is 0 Å². The van der Waals surface area contributed by atoms with Gasteiger partial charge in [-0.2, -0.15) is 18.3 Å². The maximum atomic E-state index is 14.0. The summed E-state index contributed by atoms with van der Waals surface area (Å²) in [4.78, 5) is 26.5. The highest BCUT2D eigenvalue weighted by Crippen LogP contribution is 2.41. The topological polar surface area (TPSA) is 121 Å². The minimum Gasteiger partial charge on any atom is -0.493 e. The Morgan fingerprint density at radius 1 is 1.21 bits per heavy atom. The maximum absolute atomic E-state index is 14.0. The Hall–Kier alpha value is -3.81. The Morgan fingerprint density at radius 2 is 1.95 bits per heavy atom. The lowest BCUT2D eigenvalue weighted by Crippen LogP contribution is -2.49. The van der Waals surface area contributed by atoms with E-state index in [0.717, 1.165) is 10.6 Å². The summed E-state index contributed by atoms with van der Waals surface area (Å²) in [5.74, 6) is -0.508. The number of H-pyrrole nitrogens is 1. The predicted molar refractivity (Wildman–Crippen MR) is 157 cm³/mol. The summed E-state index contributed by atoms with van der Waals surface area (Å²) in [6.45, 7) is 5.16. The molecule has 14 heteroatoms. The van der Waals surface area contributed by atoms with Crippen LogP contribution in [0.4, 0.5) is 18.0 Å². The van der Waals surface area contributed by atoms with Gasteiger partial charge in [-0.05, 0) is 68.7 Å². The maximum Gasteiger partial charge on any atom is 0.417 e. The molecule has 0 spiro atoms. The number of halogens is 4. The first-order chi connectivity index (χ1) is 20.1. The highest BCUT2D eigenvalue weighted by Gasteiger charge is 2.37. The molecule has 43 heavy (non-hydrogen) atoms. The molecule has 0 aliphatic carbocycles. The number of likely N-dealkylation sites (tertiary alicyclic amines) is 1. The first-order valence-corrected chi connectivity index (χ1v) is 14.4. The van der Waals surface area contributed by atoms with Crippen molar-refractivity contribution in [1.29, 1.82) is 0 Å². The normalized spacial score (nSPS) is 18.3. The minimum absolute atomic E-state index is 0.0118. The molecular weight excluding hydrogens is 609 g/mol. The van der Waals surface area contributed by atoms with Crippen molar-refractivity contribution < 1.29 is 32.9 Å².